The molecule has 2 heterocycles. The van der Waals surface area contributed by atoms with E-state index >= 15 is 0 Å². The fourth-order valence-electron chi connectivity index (χ4n) is 5.22. The quantitative estimate of drug-likeness (QED) is 0.188. The Hall–Kier alpha value is -1.82. The van der Waals surface area contributed by atoms with Crippen LogP contribution in [0.5, 0.6) is 0 Å². The summed E-state index contributed by atoms with van der Waals surface area (Å²) < 4.78 is 2.66. The van der Waals surface area contributed by atoms with Crippen molar-refractivity contribution in [2.45, 2.75) is 38.5 Å². The summed E-state index contributed by atoms with van der Waals surface area (Å²) in [5, 5.41) is 5.76. The summed E-state index contributed by atoms with van der Waals surface area (Å²) >= 11 is 7.65. The SMILES string of the molecule is CC1(C)C=C(Br)P(c2ccccc2)c2ccccc21.CC1(C)C=C(Br)P(c2ccccc2)c2ccccc21. The number of hydrogen-bond acceptors (Lipinski definition) is 0. The molecule has 0 saturated carbocycles. The number of allylic oxidation sites excluding steroid dienone is 2. The zero-order valence-electron chi connectivity index (χ0n) is 22.2. The maximum Gasteiger partial charge on any atom is 0.0245 e. The van der Waals surface area contributed by atoms with Gasteiger partial charge in [-0.1, -0.05) is 149 Å². The van der Waals surface area contributed by atoms with Crippen LogP contribution in [0.2, 0.25) is 0 Å². The lowest BCUT2D eigenvalue weighted by Crippen LogP contribution is -2.29. The molecule has 0 spiro atoms. The minimum absolute atomic E-state index is 0.100. The fraction of sp³-hybridized carbons (Fsp3) is 0.176. The first-order chi connectivity index (χ1) is 18.2. The third-order valence-corrected chi connectivity index (χ3v) is 14.2. The summed E-state index contributed by atoms with van der Waals surface area (Å²) in [5.41, 5.74) is 3.10. The highest BCUT2D eigenvalue weighted by atomic mass is 79.9. The van der Waals surface area contributed by atoms with E-state index in [1.807, 2.05) is 0 Å². The summed E-state index contributed by atoms with van der Waals surface area (Å²) in [6.07, 6.45) is 4.74. The molecular formula is C34H32Br2P2. The van der Waals surface area contributed by atoms with Gasteiger partial charge in [0.05, 0.1) is 0 Å². The molecular weight excluding hydrogens is 630 g/mol. The highest BCUT2D eigenvalue weighted by Gasteiger charge is 2.33. The van der Waals surface area contributed by atoms with Gasteiger partial charge in [0.15, 0.2) is 0 Å². The van der Waals surface area contributed by atoms with Crippen molar-refractivity contribution in [1.82, 2.24) is 0 Å². The Morgan fingerprint density at radius 2 is 0.763 bits per heavy atom. The highest BCUT2D eigenvalue weighted by molar-refractivity contribution is 9.13. The Balaban J connectivity index is 0.000000155. The van der Waals surface area contributed by atoms with E-state index < -0.39 is 15.8 Å². The van der Waals surface area contributed by atoms with Crippen molar-refractivity contribution in [3.05, 3.63) is 141 Å². The molecule has 0 amide bonds. The summed E-state index contributed by atoms with van der Waals surface area (Å²) in [6, 6.07) is 39.3. The third-order valence-electron chi connectivity index (χ3n) is 7.09. The summed E-state index contributed by atoms with van der Waals surface area (Å²) in [5.74, 6) is 0. The van der Waals surface area contributed by atoms with Crippen molar-refractivity contribution in [2.24, 2.45) is 0 Å². The molecule has 2 unspecified atom stereocenters. The van der Waals surface area contributed by atoms with Gasteiger partial charge in [0.25, 0.3) is 0 Å². The van der Waals surface area contributed by atoms with E-state index in [-0.39, 0.29) is 10.8 Å². The molecule has 0 saturated heterocycles. The predicted octanol–water partition coefficient (Wildman–Crippen LogP) is 9.29. The van der Waals surface area contributed by atoms with Crippen molar-refractivity contribution >= 4 is 68.9 Å². The zero-order chi connectivity index (χ0) is 26.9. The lowest BCUT2D eigenvalue weighted by molar-refractivity contribution is 0.673. The van der Waals surface area contributed by atoms with Gasteiger partial charge in [-0.15, -0.1) is 0 Å². The van der Waals surface area contributed by atoms with Crippen molar-refractivity contribution in [3.63, 3.8) is 0 Å². The lowest BCUT2D eigenvalue weighted by atomic mass is 9.85. The molecule has 192 valence electrons. The summed E-state index contributed by atoms with van der Waals surface area (Å²) in [6.45, 7) is 9.13. The van der Waals surface area contributed by atoms with Gasteiger partial charge in [-0.05, 0) is 80.0 Å². The second-order valence-corrected chi connectivity index (χ2v) is 18.0. The minimum Gasteiger partial charge on any atom is -0.0622 e. The average molecular weight is 662 g/mol. The monoisotopic (exact) mass is 660 g/mol. The van der Waals surface area contributed by atoms with E-state index in [4.69, 9.17) is 0 Å². The normalized spacial score (nSPS) is 20.6. The first-order valence-electron chi connectivity index (χ1n) is 12.9. The number of fused-ring (bicyclic) bond motifs is 2. The average Bonchev–Trinajstić information content (AvgIpc) is 2.90. The molecule has 0 radical (unpaired) electrons. The van der Waals surface area contributed by atoms with Gasteiger partial charge >= 0.3 is 0 Å². The standard InChI is InChI=1S/2C17H16BrP/c2*1-17(2)12-16(18)19(13-8-4-3-5-9-13)15-11-7-6-10-14(15)17/h2*3-12H,1-2H3. The smallest absolute Gasteiger partial charge is 0.0245 e. The molecule has 6 rings (SSSR count). The van der Waals surface area contributed by atoms with Crippen LogP contribution in [-0.2, 0) is 10.8 Å². The lowest BCUT2D eigenvalue weighted by Gasteiger charge is -2.34. The largest absolute Gasteiger partial charge is 0.0622 e. The fourth-order valence-corrected chi connectivity index (χ4v) is 13.8. The second kappa shape index (κ2) is 11.3. The van der Waals surface area contributed by atoms with Gasteiger partial charge in [0, 0.05) is 19.3 Å². The van der Waals surface area contributed by atoms with E-state index in [2.05, 4.69) is 181 Å². The molecule has 2 atom stereocenters. The van der Waals surface area contributed by atoms with Crippen LogP contribution < -0.4 is 21.2 Å². The van der Waals surface area contributed by atoms with Gasteiger partial charge in [0.2, 0.25) is 0 Å². The summed E-state index contributed by atoms with van der Waals surface area (Å²) in [7, 11) is -0.849. The molecule has 38 heavy (non-hydrogen) atoms. The van der Waals surface area contributed by atoms with E-state index in [0.717, 1.165) is 0 Å². The number of halogens is 2. The molecule has 2 aliphatic rings. The van der Waals surface area contributed by atoms with Gasteiger partial charge in [-0.25, -0.2) is 0 Å². The topological polar surface area (TPSA) is 0 Å². The Kier molecular flexibility index (Phi) is 8.28. The molecule has 0 nitrogen and oxygen atoms in total. The first-order valence-corrected chi connectivity index (χ1v) is 17.1. The molecule has 0 bridgehead atoms. The molecule has 4 aromatic carbocycles. The Morgan fingerprint density at radius 1 is 0.447 bits per heavy atom. The van der Waals surface area contributed by atoms with Crippen molar-refractivity contribution in [3.8, 4) is 0 Å². The Labute approximate surface area is 247 Å². The summed E-state index contributed by atoms with van der Waals surface area (Å²) in [4.78, 5) is 0. The van der Waals surface area contributed by atoms with Crippen LogP contribution in [0.25, 0.3) is 0 Å². The van der Waals surface area contributed by atoms with E-state index in [1.54, 1.807) is 0 Å². The van der Waals surface area contributed by atoms with Gasteiger partial charge in [0.1, 0.15) is 0 Å². The molecule has 0 N–H and O–H groups in total. The molecule has 0 aliphatic carbocycles. The zero-order valence-corrected chi connectivity index (χ0v) is 27.2. The van der Waals surface area contributed by atoms with Gasteiger partial charge in [-0.2, -0.15) is 0 Å². The maximum atomic E-state index is 3.83. The number of hydrogen-bond donors (Lipinski definition) is 0. The predicted molar refractivity (Wildman–Crippen MR) is 178 cm³/mol. The van der Waals surface area contributed by atoms with Gasteiger partial charge < -0.3 is 0 Å². The number of rotatable bonds is 2. The van der Waals surface area contributed by atoms with Crippen LogP contribution in [0.15, 0.2) is 130 Å². The highest BCUT2D eigenvalue weighted by Crippen LogP contribution is 2.54. The molecule has 4 heteroatoms. The van der Waals surface area contributed by atoms with Gasteiger partial charge in [-0.3, -0.25) is 0 Å². The molecule has 2 aliphatic heterocycles. The maximum absolute atomic E-state index is 3.83. The third kappa shape index (κ3) is 5.57. The molecule has 0 aromatic heterocycles. The van der Waals surface area contributed by atoms with E-state index in [0.29, 0.717) is 0 Å². The van der Waals surface area contributed by atoms with Crippen molar-refractivity contribution in [2.75, 3.05) is 0 Å². The second-order valence-electron chi connectivity index (χ2n) is 10.8. The van der Waals surface area contributed by atoms with Crippen molar-refractivity contribution in [1.29, 1.82) is 0 Å². The van der Waals surface area contributed by atoms with Crippen LogP contribution in [0.4, 0.5) is 0 Å². The van der Waals surface area contributed by atoms with Crippen LogP contribution in [0.1, 0.15) is 38.8 Å². The minimum atomic E-state index is -0.425. The Bertz CT molecular complexity index is 1370. The van der Waals surface area contributed by atoms with Crippen LogP contribution >= 0.6 is 47.7 Å². The van der Waals surface area contributed by atoms with E-state index in [9.17, 15) is 0 Å². The van der Waals surface area contributed by atoms with Crippen LogP contribution in [0.3, 0.4) is 0 Å². The number of benzene rings is 4. The van der Waals surface area contributed by atoms with Crippen molar-refractivity contribution < 1.29 is 0 Å². The van der Waals surface area contributed by atoms with E-state index in [1.165, 1.54) is 40.8 Å². The van der Waals surface area contributed by atoms with Crippen LogP contribution in [-0.4, -0.2) is 0 Å². The molecule has 4 aromatic rings. The Morgan fingerprint density at radius 3 is 1.13 bits per heavy atom. The van der Waals surface area contributed by atoms with Crippen LogP contribution in [0, 0.1) is 0 Å². The first kappa shape index (κ1) is 27.7. The molecule has 0 fully saturated rings.